The van der Waals surface area contributed by atoms with E-state index in [9.17, 15) is 18.0 Å². The van der Waals surface area contributed by atoms with Gasteiger partial charge in [0.25, 0.3) is 0 Å². The van der Waals surface area contributed by atoms with E-state index >= 15 is 0 Å². The van der Waals surface area contributed by atoms with Gasteiger partial charge in [0, 0.05) is 18.5 Å². The van der Waals surface area contributed by atoms with Crippen LogP contribution in [-0.4, -0.2) is 36.8 Å². The molecule has 0 N–H and O–H groups in total. The first-order valence-electron chi connectivity index (χ1n) is 8.85. The maximum absolute atomic E-state index is 13.5. The summed E-state index contributed by atoms with van der Waals surface area (Å²) in [4.78, 5) is 27.0. The minimum absolute atomic E-state index is 0.113. The molecule has 0 bridgehead atoms. The third kappa shape index (κ3) is 2.40. The number of carbonyl (C=O) groups excluding carboxylic acids is 2. The molecule has 0 saturated carbocycles. The summed E-state index contributed by atoms with van der Waals surface area (Å²) in [5.74, 6) is -0.404. The first kappa shape index (κ1) is 17.7. The van der Waals surface area contributed by atoms with Crippen LogP contribution in [-0.2, 0) is 20.2 Å². The molecule has 4 rings (SSSR count). The van der Waals surface area contributed by atoms with Crippen molar-refractivity contribution in [1.29, 1.82) is 0 Å². The number of hydrogen-bond acceptors (Lipinski definition) is 4. The molecular formula is C21H19NO4S. The average Bonchev–Trinajstić information content (AvgIpc) is 2.98. The van der Waals surface area contributed by atoms with Gasteiger partial charge in [0.1, 0.15) is 10.8 Å². The number of nitrogens with zero attached hydrogens (tertiary/aromatic N) is 1. The topological polar surface area (TPSA) is 71.5 Å². The standard InChI is InChI=1S/C21H19NO4S/c1-2-22-20(24)14-19(27(25,26)15-8-4-3-5-9-15)21(22)13-12-18(23)16-10-6-7-11-17(16)21/h3-13,19H,2,14H2,1H3/t19-,21+/m0/s1. The predicted molar refractivity (Wildman–Crippen MR) is 101 cm³/mol. The summed E-state index contributed by atoms with van der Waals surface area (Å²) in [5, 5.41) is -0.995. The zero-order valence-electron chi connectivity index (χ0n) is 14.8. The minimum atomic E-state index is -3.81. The van der Waals surface area contributed by atoms with Crippen LogP contribution in [0, 0.1) is 0 Å². The largest absolute Gasteiger partial charge is 0.328 e. The number of carbonyl (C=O) groups is 2. The number of ketones is 1. The van der Waals surface area contributed by atoms with Crippen LogP contribution in [0.15, 0.2) is 71.6 Å². The predicted octanol–water partition coefficient (Wildman–Crippen LogP) is 2.73. The van der Waals surface area contributed by atoms with E-state index in [0.717, 1.165) is 0 Å². The second-order valence-electron chi connectivity index (χ2n) is 6.76. The average molecular weight is 381 g/mol. The first-order chi connectivity index (χ1) is 12.9. The second-order valence-corrected chi connectivity index (χ2v) is 8.89. The third-order valence-electron chi connectivity index (χ3n) is 5.47. The van der Waals surface area contributed by atoms with Crippen molar-refractivity contribution in [3.63, 3.8) is 0 Å². The van der Waals surface area contributed by atoms with E-state index in [1.807, 2.05) is 6.92 Å². The highest BCUT2D eigenvalue weighted by Crippen LogP contribution is 2.48. The highest BCUT2D eigenvalue weighted by atomic mass is 32.2. The number of likely N-dealkylation sites (tertiary alicyclic amines) is 1. The number of sulfone groups is 1. The van der Waals surface area contributed by atoms with E-state index in [2.05, 4.69) is 0 Å². The quantitative estimate of drug-likeness (QED) is 0.820. The van der Waals surface area contributed by atoms with E-state index in [4.69, 9.17) is 0 Å². The maximum atomic E-state index is 13.5. The Labute approximate surface area is 158 Å². The maximum Gasteiger partial charge on any atom is 0.225 e. The lowest BCUT2D eigenvalue weighted by molar-refractivity contribution is -0.130. The highest BCUT2D eigenvalue weighted by Gasteiger charge is 2.59. The Bertz CT molecular complexity index is 1060. The van der Waals surface area contributed by atoms with Crippen LogP contribution in [0.4, 0.5) is 0 Å². The van der Waals surface area contributed by atoms with Crippen LogP contribution in [0.3, 0.4) is 0 Å². The van der Waals surface area contributed by atoms with Crippen LogP contribution in [0.2, 0.25) is 0 Å². The molecule has 1 amide bonds. The lowest BCUT2D eigenvalue weighted by Crippen LogP contribution is -2.51. The fourth-order valence-corrected chi connectivity index (χ4v) is 6.34. The molecule has 0 radical (unpaired) electrons. The molecular weight excluding hydrogens is 362 g/mol. The van der Waals surface area contributed by atoms with Crippen molar-refractivity contribution >= 4 is 21.5 Å². The fraction of sp³-hybridized carbons (Fsp3) is 0.238. The second kappa shape index (κ2) is 6.16. The van der Waals surface area contributed by atoms with Gasteiger partial charge in [-0.15, -0.1) is 0 Å². The number of hydrogen-bond donors (Lipinski definition) is 0. The van der Waals surface area contributed by atoms with Crippen molar-refractivity contribution in [3.05, 3.63) is 77.9 Å². The normalized spacial score (nSPS) is 24.5. The molecule has 6 heteroatoms. The molecule has 1 fully saturated rings. The Kier molecular flexibility index (Phi) is 4.03. The molecule has 1 saturated heterocycles. The Morgan fingerprint density at radius 1 is 1.04 bits per heavy atom. The Morgan fingerprint density at radius 2 is 1.70 bits per heavy atom. The molecule has 2 aromatic carbocycles. The van der Waals surface area contributed by atoms with E-state index < -0.39 is 20.6 Å². The van der Waals surface area contributed by atoms with Crippen molar-refractivity contribution in [2.45, 2.75) is 29.0 Å². The van der Waals surface area contributed by atoms with Gasteiger partial charge in [-0.2, -0.15) is 0 Å². The molecule has 2 aromatic rings. The van der Waals surface area contributed by atoms with Crippen LogP contribution < -0.4 is 0 Å². The molecule has 138 valence electrons. The third-order valence-corrected chi connectivity index (χ3v) is 7.68. The van der Waals surface area contributed by atoms with Gasteiger partial charge in [0.05, 0.1) is 4.90 Å². The van der Waals surface area contributed by atoms with Crippen molar-refractivity contribution in [2.75, 3.05) is 6.54 Å². The number of allylic oxidation sites excluding steroid dienone is 1. The summed E-state index contributed by atoms with van der Waals surface area (Å²) in [5.41, 5.74) is -0.151. The number of fused-ring (bicyclic) bond motifs is 2. The summed E-state index contributed by atoms with van der Waals surface area (Å²) in [7, 11) is -3.81. The number of likely N-dealkylation sites (N-methyl/N-ethyl adjacent to an activating group) is 1. The molecule has 1 aliphatic carbocycles. The van der Waals surface area contributed by atoms with Gasteiger partial charge in [-0.3, -0.25) is 9.59 Å². The summed E-state index contributed by atoms with van der Waals surface area (Å²) >= 11 is 0. The molecule has 1 aliphatic heterocycles. The number of benzene rings is 2. The van der Waals surface area contributed by atoms with Crippen molar-refractivity contribution in [2.24, 2.45) is 0 Å². The van der Waals surface area contributed by atoms with Crippen LogP contribution in [0.25, 0.3) is 0 Å². The van der Waals surface area contributed by atoms with Gasteiger partial charge >= 0.3 is 0 Å². The summed E-state index contributed by atoms with van der Waals surface area (Å²) in [6.07, 6.45) is 2.90. The Hall–Kier alpha value is -2.73. The van der Waals surface area contributed by atoms with Crippen LogP contribution in [0.1, 0.15) is 29.3 Å². The summed E-state index contributed by atoms with van der Waals surface area (Å²) in [6.45, 7) is 2.18. The molecule has 27 heavy (non-hydrogen) atoms. The van der Waals surface area contributed by atoms with Gasteiger partial charge in [0.15, 0.2) is 15.6 Å². The molecule has 0 aromatic heterocycles. The summed E-state index contributed by atoms with van der Waals surface area (Å²) < 4.78 is 27.0. The first-order valence-corrected chi connectivity index (χ1v) is 10.4. The van der Waals surface area contributed by atoms with Gasteiger partial charge in [-0.1, -0.05) is 42.5 Å². The molecule has 0 unspecified atom stereocenters. The van der Waals surface area contributed by atoms with E-state index in [-0.39, 0.29) is 23.0 Å². The van der Waals surface area contributed by atoms with E-state index in [0.29, 0.717) is 17.7 Å². The van der Waals surface area contributed by atoms with Gasteiger partial charge < -0.3 is 4.90 Å². The van der Waals surface area contributed by atoms with E-state index in [1.165, 1.54) is 6.08 Å². The molecule has 2 atom stereocenters. The lowest BCUT2D eigenvalue weighted by Gasteiger charge is -2.42. The highest BCUT2D eigenvalue weighted by molar-refractivity contribution is 7.92. The molecule has 1 heterocycles. The van der Waals surface area contributed by atoms with Crippen LogP contribution >= 0.6 is 0 Å². The Morgan fingerprint density at radius 3 is 2.41 bits per heavy atom. The molecule has 1 spiro atoms. The molecule has 5 nitrogen and oxygen atoms in total. The van der Waals surface area contributed by atoms with Crippen molar-refractivity contribution < 1.29 is 18.0 Å². The monoisotopic (exact) mass is 381 g/mol. The summed E-state index contributed by atoms with van der Waals surface area (Å²) in [6, 6.07) is 15.1. The molecule has 2 aliphatic rings. The zero-order valence-corrected chi connectivity index (χ0v) is 15.6. The lowest BCUT2D eigenvalue weighted by atomic mass is 9.78. The smallest absolute Gasteiger partial charge is 0.225 e. The number of rotatable bonds is 3. The minimum Gasteiger partial charge on any atom is -0.328 e. The van der Waals surface area contributed by atoms with Crippen LogP contribution in [0.5, 0.6) is 0 Å². The zero-order chi connectivity index (χ0) is 19.2. The van der Waals surface area contributed by atoms with Crippen molar-refractivity contribution in [1.82, 2.24) is 4.90 Å². The van der Waals surface area contributed by atoms with Gasteiger partial charge in [-0.25, -0.2) is 8.42 Å². The van der Waals surface area contributed by atoms with Gasteiger partial charge in [0.2, 0.25) is 5.91 Å². The fourth-order valence-electron chi connectivity index (χ4n) is 4.31. The van der Waals surface area contributed by atoms with Crippen molar-refractivity contribution in [3.8, 4) is 0 Å². The SMILES string of the molecule is CCN1C(=O)C[C@H](S(=O)(=O)c2ccccc2)[C@]12C=CC(=O)c1ccccc12. The Balaban J connectivity index is 2.00. The van der Waals surface area contributed by atoms with E-state index in [1.54, 1.807) is 65.6 Å². The van der Waals surface area contributed by atoms with Gasteiger partial charge in [-0.05, 0) is 36.8 Å². The number of amides is 1.